The molecule has 0 radical (unpaired) electrons. The molecule has 0 saturated carbocycles. The van der Waals surface area contributed by atoms with Crippen molar-refractivity contribution >= 4 is 22.4 Å². The Morgan fingerprint density at radius 3 is 3.26 bits per heavy atom. The van der Waals surface area contributed by atoms with Gasteiger partial charge in [-0.05, 0) is 26.2 Å². The zero-order chi connectivity index (χ0) is 13.2. The first-order chi connectivity index (χ1) is 9.22. The molecule has 19 heavy (non-hydrogen) atoms. The van der Waals surface area contributed by atoms with Gasteiger partial charge in [-0.15, -0.1) is 11.3 Å². The maximum absolute atomic E-state index is 12.0. The molecule has 1 aromatic rings. The van der Waals surface area contributed by atoms with E-state index < -0.39 is 0 Å². The second-order valence-corrected chi connectivity index (χ2v) is 6.40. The Labute approximate surface area is 117 Å². The van der Waals surface area contributed by atoms with Crippen molar-refractivity contribution in [2.45, 2.75) is 32.2 Å². The van der Waals surface area contributed by atoms with Gasteiger partial charge in [0.05, 0.1) is 12.2 Å². The summed E-state index contributed by atoms with van der Waals surface area (Å²) < 4.78 is 0. The fourth-order valence-electron chi connectivity index (χ4n) is 2.71. The predicted molar refractivity (Wildman–Crippen MR) is 76.7 cm³/mol. The zero-order valence-electron chi connectivity index (χ0n) is 11.2. The van der Waals surface area contributed by atoms with E-state index in [2.05, 4.69) is 27.4 Å². The van der Waals surface area contributed by atoms with Crippen molar-refractivity contribution < 1.29 is 4.79 Å². The van der Waals surface area contributed by atoms with Crippen LogP contribution in [0.5, 0.6) is 0 Å². The van der Waals surface area contributed by atoms with Crippen molar-refractivity contribution in [1.82, 2.24) is 15.2 Å². The fourth-order valence-corrected chi connectivity index (χ4v) is 3.77. The van der Waals surface area contributed by atoms with Crippen molar-refractivity contribution in [3.8, 4) is 0 Å². The van der Waals surface area contributed by atoms with Crippen molar-refractivity contribution in [1.29, 1.82) is 0 Å². The molecule has 6 heteroatoms. The minimum atomic E-state index is 0.0566. The van der Waals surface area contributed by atoms with Gasteiger partial charge in [-0.25, -0.2) is 4.98 Å². The van der Waals surface area contributed by atoms with Gasteiger partial charge in [-0.3, -0.25) is 9.69 Å². The van der Waals surface area contributed by atoms with Gasteiger partial charge >= 0.3 is 0 Å². The molecule has 0 aromatic carbocycles. The van der Waals surface area contributed by atoms with E-state index in [4.69, 9.17) is 0 Å². The summed E-state index contributed by atoms with van der Waals surface area (Å²) in [5.74, 6) is 0.0566. The minimum absolute atomic E-state index is 0.0566. The molecule has 2 aliphatic rings. The molecule has 0 spiro atoms. The Morgan fingerprint density at radius 1 is 1.58 bits per heavy atom. The number of hydrogen-bond acceptors (Lipinski definition) is 5. The third kappa shape index (κ3) is 2.96. The number of carbonyl (C=O) groups excluding carboxylic acids is 1. The van der Waals surface area contributed by atoms with Gasteiger partial charge in [0.2, 0.25) is 5.91 Å². The van der Waals surface area contributed by atoms with Gasteiger partial charge in [0.25, 0.3) is 0 Å². The van der Waals surface area contributed by atoms with E-state index in [0.717, 1.165) is 37.6 Å². The monoisotopic (exact) mass is 280 g/mol. The third-order valence-electron chi connectivity index (χ3n) is 3.83. The van der Waals surface area contributed by atoms with Gasteiger partial charge in [-0.1, -0.05) is 0 Å². The van der Waals surface area contributed by atoms with Crippen LogP contribution in [-0.4, -0.2) is 48.0 Å². The van der Waals surface area contributed by atoms with Gasteiger partial charge < -0.3 is 10.6 Å². The summed E-state index contributed by atoms with van der Waals surface area (Å²) in [5.41, 5.74) is 1.19. The van der Waals surface area contributed by atoms with Gasteiger partial charge in [-0.2, -0.15) is 0 Å². The largest absolute Gasteiger partial charge is 0.314 e. The highest BCUT2D eigenvalue weighted by Crippen LogP contribution is 2.30. The Bertz CT molecular complexity index is 452. The summed E-state index contributed by atoms with van der Waals surface area (Å²) in [6.45, 7) is 5.47. The SMILES string of the molecule is C[C@H]1CNCCN1CC(=O)Nc1nc2c(s1)CCC2. The van der Waals surface area contributed by atoms with Crippen LogP contribution in [0.3, 0.4) is 0 Å². The number of aryl methyl sites for hydroxylation is 2. The number of hydrogen-bond donors (Lipinski definition) is 2. The highest BCUT2D eigenvalue weighted by molar-refractivity contribution is 7.15. The van der Waals surface area contributed by atoms with Crippen LogP contribution in [0.25, 0.3) is 0 Å². The molecule has 1 aliphatic heterocycles. The molecule has 1 atom stereocenters. The van der Waals surface area contributed by atoms with Gasteiger partial charge in [0.15, 0.2) is 5.13 Å². The molecule has 1 aliphatic carbocycles. The molecule has 2 N–H and O–H groups in total. The van der Waals surface area contributed by atoms with Crippen LogP contribution in [0.2, 0.25) is 0 Å². The van der Waals surface area contributed by atoms with Gasteiger partial charge in [0.1, 0.15) is 0 Å². The number of nitrogens with zero attached hydrogens (tertiary/aromatic N) is 2. The predicted octanol–water partition coefficient (Wildman–Crippen LogP) is 0.864. The van der Waals surface area contributed by atoms with Crippen LogP contribution in [0.15, 0.2) is 0 Å². The number of carbonyl (C=O) groups is 1. The first kappa shape index (κ1) is 13.0. The number of aromatic nitrogens is 1. The number of nitrogens with one attached hydrogen (secondary N) is 2. The molecule has 3 rings (SSSR count). The van der Waals surface area contributed by atoms with E-state index in [1.54, 1.807) is 11.3 Å². The number of rotatable bonds is 3. The van der Waals surface area contributed by atoms with Crippen LogP contribution in [-0.2, 0) is 17.6 Å². The molecular weight excluding hydrogens is 260 g/mol. The first-order valence-electron chi connectivity index (χ1n) is 6.95. The Hall–Kier alpha value is -0.980. The van der Waals surface area contributed by atoms with E-state index in [0.29, 0.717) is 12.6 Å². The summed E-state index contributed by atoms with van der Waals surface area (Å²) in [4.78, 5) is 20.1. The lowest BCUT2D eigenvalue weighted by Crippen LogP contribution is -2.51. The molecule has 1 amide bonds. The first-order valence-corrected chi connectivity index (χ1v) is 7.77. The molecule has 2 heterocycles. The van der Waals surface area contributed by atoms with Crippen molar-refractivity contribution in [2.75, 3.05) is 31.5 Å². The fraction of sp³-hybridized carbons (Fsp3) is 0.692. The molecular formula is C13H20N4OS. The van der Waals surface area contributed by atoms with Crippen LogP contribution >= 0.6 is 11.3 Å². The quantitative estimate of drug-likeness (QED) is 0.862. The zero-order valence-corrected chi connectivity index (χ0v) is 12.1. The van der Waals surface area contributed by atoms with E-state index in [1.807, 2.05) is 0 Å². The lowest BCUT2D eigenvalue weighted by atomic mass is 10.2. The Balaban J connectivity index is 1.55. The summed E-state index contributed by atoms with van der Waals surface area (Å²) in [6, 6.07) is 0.417. The average molecular weight is 280 g/mol. The van der Waals surface area contributed by atoms with Crippen molar-refractivity contribution in [3.05, 3.63) is 10.6 Å². The topological polar surface area (TPSA) is 57.3 Å². The minimum Gasteiger partial charge on any atom is -0.314 e. The number of piperazine rings is 1. The maximum atomic E-state index is 12.0. The van der Waals surface area contributed by atoms with Gasteiger partial charge in [0, 0.05) is 30.6 Å². The highest BCUT2D eigenvalue weighted by atomic mass is 32.1. The standard InChI is InChI=1S/C13H20N4OS/c1-9-7-14-5-6-17(9)8-12(18)16-13-15-10-3-2-4-11(10)19-13/h9,14H,2-8H2,1H3,(H,15,16,18)/t9-/m0/s1. The molecule has 104 valence electrons. The number of anilines is 1. The van der Waals surface area contributed by atoms with Crippen molar-refractivity contribution in [2.24, 2.45) is 0 Å². The highest BCUT2D eigenvalue weighted by Gasteiger charge is 2.22. The molecule has 0 bridgehead atoms. The van der Waals surface area contributed by atoms with Crippen LogP contribution in [0.1, 0.15) is 23.9 Å². The molecule has 0 unspecified atom stereocenters. The summed E-state index contributed by atoms with van der Waals surface area (Å²) in [7, 11) is 0. The summed E-state index contributed by atoms with van der Waals surface area (Å²) in [6.07, 6.45) is 3.40. The molecule has 5 nitrogen and oxygen atoms in total. The lowest BCUT2D eigenvalue weighted by molar-refractivity contribution is -0.118. The van der Waals surface area contributed by atoms with E-state index in [-0.39, 0.29) is 5.91 Å². The molecule has 1 saturated heterocycles. The normalized spacial score (nSPS) is 23.3. The molecule has 1 aromatic heterocycles. The van der Waals surface area contributed by atoms with Crippen LogP contribution in [0.4, 0.5) is 5.13 Å². The number of fused-ring (bicyclic) bond motifs is 1. The molecule has 1 fully saturated rings. The van der Waals surface area contributed by atoms with E-state index in [9.17, 15) is 4.79 Å². The summed E-state index contributed by atoms with van der Waals surface area (Å²) >= 11 is 1.64. The number of thiazole rings is 1. The maximum Gasteiger partial charge on any atom is 0.240 e. The number of amides is 1. The Kier molecular flexibility index (Phi) is 3.81. The lowest BCUT2D eigenvalue weighted by Gasteiger charge is -2.33. The van der Waals surface area contributed by atoms with E-state index >= 15 is 0 Å². The van der Waals surface area contributed by atoms with E-state index in [1.165, 1.54) is 17.0 Å². The second kappa shape index (κ2) is 5.56. The third-order valence-corrected chi connectivity index (χ3v) is 4.90. The summed E-state index contributed by atoms with van der Waals surface area (Å²) in [5, 5.41) is 7.05. The average Bonchev–Trinajstić information content (AvgIpc) is 2.92. The van der Waals surface area contributed by atoms with Crippen molar-refractivity contribution in [3.63, 3.8) is 0 Å². The smallest absolute Gasteiger partial charge is 0.240 e. The van der Waals surface area contributed by atoms with Crippen LogP contribution < -0.4 is 10.6 Å². The second-order valence-electron chi connectivity index (χ2n) is 5.31. The Morgan fingerprint density at radius 2 is 2.47 bits per heavy atom. The van der Waals surface area contributed by atoms with Crippen LogP contribution in [0, 0.1) is 0 Å².